The van der Waals surface area contributed by atoms with E-state index < -0.39 is 17.3 Å². The monoisotopic (exact) mass is 219 g/mol. The Bertz CT molecular complexity index is 266. The minimum Gasteiger partial charge on any atom is -0.460 e. The molecule has 0 fully saturated rings. The van der Waals surface area contributed by atoms with Crippen molar-refractivity contribution < 1.29 is 14.3 Å². The number of nitrogens with zero attached hydrogens (tertiary/aromatic N) is 1. The van der Waals surface area contributed by atoms with Crippen molar-refractivity contribution in [2.45, 2.75) is 33.2 Å². The van der Waals surface area contributed by atoms with Gasteiger partial charge in [0.2, 0.25) is 0 Å². The second kappa shape index (κ2) is 5.10. The molecular formula is C9H14ClNO3. The molecular weight excluding hydrogens is 206 g/mol. The molecule has 4 nitrogen and oxygen atoms in total. The molecule has 0 amide bonds. The number of Topliss-reactive ketones (excluding diaryl/α,β-unsaturated/α-hetero) is 1. The number of carbonyl (C=O) groups excluding carboxylic acids is 2. The predicted octanol–water partition coefficient (Wildman–Crippen LogP) is 1.55. The van der Waals surface area contributed by atoms with Crippen molar-refractivity contribution in [2.24, 2.45) is 4.99 Å². The first-order valence-electron chi connectivity index (χ1n) is 4.24. The average molecular weight is 220 g/mol. The third-order valence-corrected chi connectivity index (χ3v) is 1.34. The Balaban J connectivity index is 4.55. The number of esters is 1. The van der Waals surface area contributed by atoms with E-state index in [4.69, 9.17) is 11.6 Å². The van der Waals surface area contributed by atoms with E-state index in [1.54, 1.807) is 27.7 Å². The summed E-state index contributed by atoms with van der Waals surface area (Å²) >= 11 is 5.55. The number of ketones is 1. The summed E-state index contributed by atoms with van der Waals surface area (Å²) in [4.78, 5) is 26.0. The lowest BCUT2D eigenvalue weighted by Gasteiger charge is -2.11. The van der Waals surface area contributed by atoms with Crippen LogP contribution in [-0.2, 0) is 14.3 Å². The van der Waals surface area contributed by atoms with Crippen LogP contribution in [0.2, 0.25) is 0 Å². The molecule has 0 spiro atoms. The number of rotatable bonds is 3. The molecule has 0 aromatic heterocycles. The second-order valence-corrected chi connectivity index (χ2v) is 3.98. The van der Waals surface area contributed by atoms with Crippen LogP contribution in [0.15, 0.2) is 4.99 Å². The summed E-state index contributed by atoms with van der Waals surface area (Å²) in [5.74, 6) is -1.87. The smallest absolute Gasteiger partial charge is 0.382 e. The molecule has 0 aliphatic heterocycles. The molecule has 0 aromatic rings. The van der Waals surface area contributed by atoms with Crippen molar-refractivity contribution in [2.75, 3.05) is 6.61 Å². The van der Waals surface area contributed by atoms with Crippen molar-refractivity contribution in [1.82, 2.24) is 0 Å². The molecule has 0 bridgehead atoms. The molecule has 0 aliphatic rings. The van der Waals surface area contributed by atoms with E-state index in [-0.39, 0.29) is 11.8 Å². The third kappa shape index (κ3) is 4.97. The van der Waals surface area contributed by atoms with Gasteiger partial charge in [0.15, 0.2) is 5.17 Å². The molecule has 0 saturated carbocycles. The number of hydrogen-bond donors (Lipinski definition) is 0. The SMILES string of the molecule is CCOC(=O)C(=O)C(Cl)=NC(C)(C)C. The minimum absolute atomic E-state index is 0.143. The molecule has 0 aromatic carbocycles. The zero-order valence-electron chi connectivity index (χ0n) is 8.76. The summed E-state index contributed by atoms with van der Waals surface area (Å²) in [6.45, 7) is 7.07. The first-order valence-corrected chi connectivity index (χ1v) is 4.62. The Hall–Kier alpha value is -0.900. The molecule has 14 heavy (non-hydrogen) atoms. The summed E-state index contributed by atoms with van der Waals surface area (Å²) in [6, 6.07) is 0. The van der Waals surface area contributed by atoms with Gasteiger partial charge in [-0.1, -0.05) is 11.6 Å². The molecule has 0 N–H and O–H groups in total. The molecule has 80 valence electrons. The Morgan fingerprint density at radius 1 is 1.36 bits per heavy atom. The highest BCUT2D eigenvalue weighted by molar-refractivity contribution is 6.90. The van der Waals surface area contributed by atoms with Gasteiger partial charge in [0.1, 0.15) is 0 Å². The summed E-state index contributed by atoms with van der Waals surface area (Å²) in [7, 11) is 0. The highest BCUT2D eigenvalue weighted by Crippen LogP contribution is 2.08. The van der Waals surface area contributed by atoms with Gasteiger partial charge in [-0.2, -0.15) is 0 Å². The maximum atomic E-state index is 11.2. The first-order chi connectivity index (χ1) is 6.28. The Morgan fingerprint density at radius 3 is 2.21 bits per heavy atom. The number of hydrogen-bond acceptors (Lipinski definition) is 4. The molecule has 5 heteroatoms. The van der Waals surface area contributed by atoms with Crippen molar-refractivity contribution in [3.8, 4) is 0 Å². The van der Waals surface area contributed by atoms with Crippen LogP contribution in [0, 0.1) is 0 Å². The zero-order chi connectivity index (χ0) is 11.4. The van der Waals surface area contributed by atoms with Gasteiger partial charge in [-0.15, -0.1) is 0 Å². The van der Waals surface area contributed by atoms with Gasteiger partial charge in [0.05, 0.1) is 12.1 Å². The lowest BCUT2D eigenvalue weighted by atomic mass is 10.1. The molecule has 0 rings (SSSR count). The van der Waals surface area contributed by atoms with Gasteiger partial charge >= 0.3 is 5.97 Å². The fraction of sp³-hybridized carbons (Fsp3) is 0.667. The average Bonchev–Trinajstić information content (AvgIpc) is 2.00. The summed E-state index contributed by atoms with van der Waals surface area (Å²) in [5.41, 5.74) is -0.487. The van der Waals surface area contributed by atoms with Gasteiger partial charge in [0.25, 0.3) is 5.78 Å². The largest absolute Gasteiger partial charge is 0.460 e. The van der Waals surface area contributed by atoms with Gasteiger partial charge in [-0.25, -0.2) is 4.79 Å². The summed E-state index contributed by atoms with van der Waals surface area (Å²) < 4.78 is 4.49. The van der Waals surface area contributed by atoms with Crippen molar-refractivity contribution >= 4 is 28.5 Å². The Morgan fingerprint density at radius 2 is 1.86 bits per heavy atom. The summed E-state index contributed by atoms with van der Waals surface area (Å²) in [5, 5.41) is -0.337. The number of ether oxygens (including phenoxy) is 1. The van der Waals surface area contributed by atoms with E-state index >= 15 is 0 Å². The maximum absolute atomic E-state index is 11.2. The fourth-order valence-corrected chi connectivity index (χ4v) is 0.957. The van der Waals surface area contributed by atoms with Crippen LogP contribution in [0.25, 0.3) is 0 Å². The molecule has 0 radical (unpaired) electrons. The summed E-state index contributed by atoms with van der Waals surface area (Å²) in [6.07, 6.45) is 0. The van der Waals surface area contributed by atoms with Crippen molar-refractivity contribution in [1.29, 1.82) is 0 Å². The lowest BCUT2D eigenvalue weighted by molar-refractivity contribution is -0.150. The second-order valence-electron chi connectivity index (χ2n) is 3.62. The van der Waals surface area contributed by atoms with Crippen LogP contribution in [0.3, 0.4) is 0 Å². The highest BCUT2D eigenvalue weighted by Gasteiger charge is 2.22. The van der Waals surface area contributed by atoms with Gasteiger partial charge in [-0.3, -0.25) is 9.79 Å². The van der Waals surface area contributed by atoms with E-state index in [2.05, 4.69) is 9.73 Å². The van der Waals surface area contributed by atoms with Crippen LogP contribution in [-0.4, -0.2) is 29.1 Å². The van der Waals surface area contributed by atoms with Crippen molar-refractivity contribution in [3.05, 3.63) is 0 Å². The fourth-order valence-electron chi connectivity index (χ4n) is 0.626. The van der Waals surface area contributed by atoms with E-state index in [0.717, 1.165) is 0 Å². The molecule has 0 unspecified atom stereocenters. The minimum atomic E-state index is -0.967. The lowest BCUT2D eigenvalue weighted by Crippen LogP contribution is -2.25. The number of halogens is 1. The molecule has 0 saturated heterocycles. The van der Waals surface area contributed by atoms with E-state index in [1.807, 2.05) is 0 Å². The van der Waals surface area contributed by atoms with Gasteiger partial charge < -0.3 is 4.74 Å². The Kier molecular flexibility index (Phi) is 4.77. The quantitative estimate of drug-likeness (QED) is 0.411. The molecule has 0 aliphatic carbocycles. The van der Waals surface area contributed by atoms with Crippen LogP contribution in [0.5, 0.6) is 0 Å². The molecule has 0 atom stereocenters. The van der Waals surface area contributed by atoms with E-state index in [1.165, 1.54) is 0 Å². The topological polar surface area (TPSA) is 55.7 Å². The van der Waals surface area contributed by atoms with Gasteiger partial charge in [0, 0.05) is 0 Å². The Labute approximate surface area is 88.3 Å². The third-order valence-electron chi connectivity index (χ3n) is 1.08. The van der Waals surface area contributed by atoms with Crippen LogP contribution in [0.4, 0.5) is 0 Å². The zero-order valence-corrected chi connectivity index (χ0v) is 9.51. The standard InChI is InChI=1S/C9H14ClNO3/c1-5-14-8(13)6(12)7(10)11-9(2,3)4/h5H2,1-4H3. The highest BCUT2D eigenvalue weighted by atomic mass is 35.5. The first kappa shape index (κ1) is 13.1. The predicted molar refractivity (Wildman–Crippen MR) is 54.7 cm³/mol. The van der Waals surface area contributed by atoms with Crippen LogP contribution >= 0.6 is 11.6 Å². The number of aliphatic imine (C=N–C) groups is 1. The maximum Gasteiger partial charge on any atom is 0.382 e. The molecule has 0 heterocycles. The van der Waals surface area contributed by atoms with E-state index in [9.17, 15) is 9.59 Å². The van der Waals surface area contributed by atoms with Gasteiger partial charge in [-0.05, 0) is 27.7 Å². The normalized spacial score (nSPS) is 12.5. The van der Waals surface area contributed by atoms with Crippen LogP contribution < -0.4 is 0 Å². The van der Waals surface area contributed by atoms with Crippen molar-refractivity contribution in [3.63, 3.8) is 0 Å². The van der Waals surface area contributed by atoms with E-state index in [0.29, 0.717) is 0 Å². The van der Waals surface area contributed by atoms with Crippen LogP contribution in [0.1, 0.15) is 27.7 Å². The number of carbonyl (C=O) groups is 2.